The number of nitrogens with one attached hydrogen (secondary N) is 1. The predicted molar refractivity (Wildman–Crippen MR) is 91.4 cm³/mol. The third-order valence-electron chi connectivity index (χ3n) is 3.80. The number of amides is 1. The molecular weight excluding hydrogens is 336 g/mol. The maximum absolute atomic E-state index is 12.5. The zero-order chi connectivity index (χ0) is 18.7. The van der Waals surface area contributed by atoms with E-state index in [2.05, 4.69) is 15.6 Å². The van der Waals surface area contributed by atoms with Crippen molar-refractivity contribution in [1.82, 2.24) is 15.0 Å². The van der Waals surface area contributed by atoms with E-state index >= 15 is 0 Å². The zero-order valence-corrected chi connectivity index (χ0v) is 14.1. The average molecular weight is 351 g/mol. The van der Waals surface area contributed by atoms with Gasteiger partial charge in [0.05, 0.1) is 18.8 Å². The van der Waals surface area contributed by atoms with Crippen LogP contribution >= 0.6 is 0 Å². The van der Waals surface area contributed by atoms with E-state index in [4.69, 9.17) is 4.74 Å². The number of benzene rings is 2. The van der Waals surface area contributed by atoms with E-state index in [-0.39, 0.29) is 11.3 Å². The number of nitrogens with zero attached hydrogens (tertiary/aromatic N) is 3. The summed E-state index contributed by atoms with van der Waals surface area (Å²) < 4.78 is 6.83. The molecule has 2 aromatic carbocycles. The summed E-state index contributed by atoms with van der Waals surface area (Å²) in [4.78, 5) is 23.2. The first-order valence-corrected chi connectivity index (χ1v) is 7.69. The first-order valence-electron chi connectivity index (χ1n) is 7.69. The van der Waals surface area contributed by atoms with E-state index in [1.54, 1.807) is 26.2 Å². The fourth-order valence-electron chi connectivity index (χ4n) is 2.45. The number of para-hydroxylation sites is 2. The molecule has 3 rings (SSSR count). The van der Waals surface area contributed by atoms with Crippen LogP contribution < -0.4 is 15.2 Å². The smallest absolute Gasteiger partial charge is 0.278 e. The fourth-order valence-corrected chi connectivity index (χ4v) is 2.45. The third-order valence-corrected chi connectivity index (χ3v) is 3.80. The normalized spacial score (nSPS) is 10.4. The van der Waals surface area contributed by atoms with Gasteiger partial charge in [0, 0.05) is 5.69 Å². The Morgan fingerprint density at radius 2 is 1.81 bits per heavy atom. The van der Waals surface area contributed by atoms with Gasteiger partial charge in [-0.1, -0.05) is 29.5 Å². The summed E-state index contributed by atoms with van der Waals surface area (Å²) in [5.41, 5.74) is 1.82. The van der Waals surface area contributed by atoms with Crippen molar-refractivity contribution in [3.05, 3.63) is 65.5 Å². The first kappa shape index (κ1) is 17.2. The molecule has 0 fully saturated rings. The molecular formula is C18H15N4O4-. The van der Waals surface area contributed by atoms with E-state index in [1.807, 2.05) is 12.1 Å². The number of rotatable bonds is 5. The monoisotopic (exact) mass is 351 g/mol. The molecule has 0 bridgehead atoms. The second-order valence-electron chi connectivity index (χ2n) is 5.43. The molecule has 0 aliphatic carbocycles. The van der Waals surface area contributed by atoms with Crippen LogP contribution in [0, 0.1) is 6.92 Å². The Balaban J connectivity index is 1.85. The Bertz CT molecular complexity index is 964. The van der Waals surface area contributed by atoms with Crippen LogP contribution in [-0.2, 0) is 0 Å². The molecule has 0 atom stereocenters. The molecule has 1 aromatic heterocycles. The molecule has 26 heavy (non-hydrogen) atoms. The van der Waals surface area contributed by atoms with Crippen LogP contribution in [0.5, 0.6) is 5.75 Å². The molecule has 0 aliphatic heterocycles. The summed E-state index contributed by atoms with van der Waals surface area (Å²) in [5.74, 6) is -1.13. The number of hydrogen-bond donors (Lipinski definition) is 1. The lowest BCUT2D eigenvalue weighted by Crippen LogP contribution is -2.22. The van der Waals surface area contributed by atoms with Crippen LogP contribution in [0.15, 0.2) is 48.5 Å². The predicted octanol–water partition coefficient (Wildman–Crippen LogP) is 1.20. The molecule has 3 aromatic rings. The van der Waals surface area contributed by atoms with Crippen molar-refractivity contribution in [3.8, 4) is 11.4 Å². The molecule has 8 heteroatoms. The number of anilines is 1. The Hall–Kier alpha value is -3.68. The van der Waals surface area contributed by atoms with Crippen molar-refractivity contribution in [2.24, 2.45) is 0 Å². The van der Waals surface area contributed by atoms with Crippen LogP contribution in [0.1, 0.15) is 26.5 Å². The SMILES string of the molecule is COc1ccccc1-n1nnc(C(=O)Nc2ccc(C(=O)[O-])cc2)c1C. The third kappa shape index (κ3) is 3.25. The average Bonchev–Trinajstić information content (AvgIpc) is 3.03. The molecule has 8 nitrogen and oxygen atoms in total. The van der Waals surface area contributed by atoms with Gasteiger partial charge in [0.1, 0.15) is 11.4 Å². The van der Waals surface area contributed by atoms with E-state index in [9.17, 15) is 14.7 Å². The van der Waals surface area contributed by atoms with Crippen LogP contribution in [0.4, 0.5) is 5.69 Å². The number of carbonyl (C=O) groups is 2. The Morgan fingerprint density at radius 1 is 1.12 bits per heavy atom. The topological polar surface area (TPSA) is 109 Å². The second-order valence-corrected chi connectivity index (χ2v) is 5.43. The number of carboxylic acid groups (broad SMARTS) is 1. The molecule has 0 saturated heterocycles. The highest BCUT2D eigenvalue weighted by molar-refractivity contribution is 6.03. The number of carbonyl (C=O) groups excluding carboxylic acids is 2. The van der Waals surface area contributed by atoms with Gasteiger partial charge in [-0.25, -0.2) is 4.68 Å². The lowest BCUT2D eigenvalue weighted by Gasteiger charge is -2.09. The molecule has 0 spiro atoms. The van der Waals surface area contributed by atoms with Crippen molar-refractivity contribution in [2.75, 3.05) is 12.4 Å². The van der Waals surface area contributed by atoms with Crippen LogP contribution in [0.2, 0.25) is 0 Å². The van der Waals surface area contributed by atoms with Crippen molar-refractivity contribution in [1.29, 1.82) is 0 Å². The van der Waals surface area contributed by atoms with Crippen LogP contribution in [-0.4, -0.2) is 34.0 Å². The number of aromatic nitrogens is 3. The van der Waals surface area contributed by atoms with Crippen molar-refractivity contribution in [2.45, 2.75) is 6.92 Å². The highest BCUT2D eigenvalue weighted by atomic mass is 16.5. The maximum Gasteiger partial charge on any atom is 0.278 e. The summed E-state index contributed by atoms with van der Waals surface area (Å²) in [6.07, 6.45) is 0. The lowest BCUT2D eigenvalue weighted by molar-refractivity contribution is -0.255. The van der Waals surface area contributed by atoms with Crippen LogP contribution in [0.25, 0.3) is 5.69 Å². The molecule has 0 saturated carbocycles. The number of methoxy groups -OCH3 is 1. The largest absolute Gasteiger partial charge is 0.545 e. The molecule has 1 heterocycles. The van der Waals surface area contributed by atoms with E-state index in [0.29, 0.717) is 22.8 Å². The number of carboxylic acids is 1. The minimum absolute atomic E-state index is 0.0290. The number of aromatic carboxylic acids is 1. The quantitative estimate of drug-likeness (QED) is 0.740. The summed E-state index contributed by atoms with van der Waals surface area (Å²) in [7, 11) is 1.55. The number of hydrogen-bond acceptors (Lipinski definition) is 6. The minimum Gasteiger partial charge on any atom is -0.545 e. The minimum atomic E-state index is -1.28. The molecule has 132 valence electrons. The highest BCUT2D eigenvalue weighted by Crippen LogP contribution is 2.23. The summed E-state index contributed by atoms with van der Waals surface area (Å²) in [6.45, 7) is 1.72. The van der Waals surface area contributed by atoms with Crippen molar-refractivity contribution < 1.29 is 19.4 Å². The van der Waals surface area contributed by atoms with E-state index < -0.39 is 11.9 Å². The van der Waals surface area contributed by atoms with Gasteiger partial charge in [-0.2, -0.15) is 0 Å². The highest BCUT2D eigenvalue weighted by Gasteiger charge is 2.19. The van der Waals surface area contributed by atoms with Crippen molar-refractivity contribution in [3.63, 3.8) is 0 Å². The van der Waals surface area contributed by atoms with E-state index in [1.165, 1.54) is 28.9 Å². The first-order chi connectivity index (χ1) is 12.5. The number of ether oxygens (including phenoxy) is 1. The van der Waals surface area contributed by atoms with Crippen LogP contribution in [0.3, 0.4) is 0 Å². The molecule has 0 unspecified atom stereocenters. The van der Waals surface area contributed by atoms with E-state index in [0.717, 1.165) is 0 Å². The van der Waals surface area contributed by atoms with Gasteiger partial charge in [-0.05, 0) is 36.8 Å². The fraction of sp³-hybridized carbons (Fsp3) is 0.111. The van der Waals surface area contributed by atoms with Gasteiger partial charge in [0.25, 0.3) is 5.91 Å². The Labute approximate surface area is 149 Å². The van der Waals surface area contributed by atoms with Crippen molar-refractivity contribution >= 4 is 17.6 Å². The lowest BCUT2D eigenvalue weighted by atomic mass is 10.2. The standard InChI is InChI=1S/C18H16N4O4/c1-11-16(17(23)19-13-9-7-12(8-10-13)18(24)25)20-21-22(11)14-5-3-4-6-15(14)26-2/h3-10H,1-2H3,(H,19,23)(H,24,25)/p-1. The molecule has 1 amide bonds. The molecule has 0 radical (unpaired) electrons. The van der Waals surface area contributed by atoms with Gasteiger partial charge in [0.2, 0.25) is 0 Å². The zero-order valence-electron chi connectivity index (χ0n) is 14.1. The van der Waals surface area contributed by atoms with Gasteiger partial charge in [0.15, 0.2) is 5.69 Å². The summed E-state index contributed by atoms with van der Waals surface area (Å²) >= 11 is 0. The summed E-state index contributed by atoms with van der Waals surface area (Å²) in [5, 5.41) is 21.4. The second kappa shape index (κ2) is 7.06. The summed E-state index contributed by atoms with van der Waals surface area (Å²) in [6, 6.07) is 12.9. The maximum atomic E-state index is 12.5. The van der Waals surface area contributed by atoms with Gasteiger partial charge in [-0.15, -0.1) is 5.10 Å². The van der Waals surface area contributed by atoms with Gasteiger partial charge < -0.3 is 20.0 Å². The van der Waals surface area contributed by atoms with Gasteiger partial charge >= 0.3 is 0 Å². The molecule has 0 aliphatic rings. The van der Waals surface area contributed by atoms with Gasteiger partial charge in [-0.3, -0.25) is 4.79 Å². The Kier molecular flexibility index (Phi) is 4.66. The molecule has 1 N–H and O–H groups in total. The Morgan fingerprint density at radius 3 is 2.46 bits per heavy atom.